The highest BCUT2D eigenvalue weighted by molar-refractivity contribution is 6.16. The van der Waals surface area contributed by atoms with Crippen LogP contribution in [0.3, 0.4) is 0 Å². The van der Waals surface area contributed by atoms with Gasteiger partial charge in [0.2, 0.25) is 0 Å². The van der Waals surface area contributed by atoms with E-state index in [2.05, 4.69) is 278 Å². The summed E-state index contributed by atoms with van der Waals surface area (Å²) >= 11 is 0. The number of nitrogens with zero attached hydrogens (tertiary/aromatic N) is 1. The van der Waals surface area contributed by atoms with Gasteiger partial charge in [-0.3, -0.25) is 0 Å². The molecule has 0 atom stereocenters. The summed E-state index contributed by atoms with van der Waals surface area (Å²) in [5.41, 5.74) is 24.4. The maximum absolute atomic E-state index is 6.65. The summed E-state index contributed by atoms with van der Waals surface area (Å²) in [5.74, 6) is 0. The Kier molecular flexibility index (Phi) is 9.21. The number of furan rings is 1. The Labute approximate surface area is 424 Å². The average molecular weight is 928 g/mol. The molecule has 73 heavy (non-hydrogen) atoms. The second kappa shape index (κ2) is 16.3. The minimum absolute atomic E-state index is 0.482. The maximum Gasteiger partial charge on any atom is 0.143 e. The van der Waals surface area contributed by atoms with Crippen molar-refractivity contribution in [2.24, 2.45) is 0 Å². The van der Waals surface area contributed by atoms with Gasteiger partial charge in [0.25, 0.3) is 0 Å². The fourth-order valence-electron chi connectivity index (χ4n) is 12.6. The standard InChI is InChI=1S/C71H45NO/c1-3-18-47(19-4-1)53-41-37-50(44-60(53)48-20-5-2-6-21-48)46-34-39-52(40-35-46)72(66-32-16-12-23-54(66)51-38-43-68-61(45-51)58-42-36-49-22-7-8-24-55(49)70(58)73-68)67-33-17-31-65-69(67)59-27-11-15-30-64(59)71(65)62-28-13-9-25-56(62)57-26-10-14-29-63(57)71/h1-45H. The number of anilines is 3. The molecule has 1 aromatic heterocycles. The Bertz CT molecular complexity index is 4270. The predicted molar refractivity (Wildman–Crippen MR) is 304 cm³/mol. The first kappa shape index (κ1) is 41.3. The highest BCUT2D eigenvalue weighted by atomic mass is 16.3. The highest BCUT2D eigenvalue weighted by Gasteiger charge is 2.52. The summed E-state index contributed by atoms with van der Waals surface area (Å²) in [5, 5.41) is 4.52. The summed E-state index contributed by atoms with van der Waals surface area (Å²) in [6.07, 6.45) is 0. The van der Waals surface area contributed by atoms with Gasteiger partial charge in [0.05, 0.1) is 16.8 Å². The number of benzene rings is 12. The van der Waals surface area contributed by atoms with Crippen LogP contribution in [-0.4, -0.2) is 0 Å². The molecule has 2 nitrogen and oxygen atoms in total. The zero-order chi connectivity index (χ0) is 48.0. The summed E-state index contributed by atoms with van der Waals surface area (Å²) in [6, 6.07) is 100. The van der Waals surface area contributed by atoms with E-state index in [0.717, 1.165) is 61.1 Å². The first-order valence-corrected chi connectivity index (χ1v) is 25.2. The molecule has 340 valence electrons. The Morgan fingerprint density at radius 1 is 0.288 bits per heavy atom. The van der Waals surface area contributed by atoms with Gasteiger partial charge in [-0.25, -0.2) is 0 Å². The quantitative estimate of drug-likeness (QED) is 0.158. The Morgan fingerprint density at radius 2 is 0.849 bits per heavy atom. The summed E-state index contributed by atoms with van der Waals surface area (Å²) in [6.45, 7) is 0. The largest absolute Gasteiger partial charge is 0.455 e. The molecule has 2 aliphatic carbocycles. The van der Waals surface area contributed by atoms with E-state index >= 15 is 0 Å². The fraction of sp³-hybridized carbons (Fsp3) is 0.0141. The second-order valence-corrected chi connectivity index (χ2v) is 19.5. The lowest BCUT2D eigenvalue weighted by Crippen LogP contribution is -2.26. The molecule has 0 fully saturated rings. The molecule has 13 aromatic rings. The summed E-state index contributed by atoms with van der Waals surface area (Å²) < 4.78 is 6.65. The van der Waals surface area contributed by atoms with Crippen LogP contribution in [0.25, 0.3) is 99.5 Å². The Balaban J connectivity index is 0.947. The summed E-state index contributed by atoms with van der Waals surface area (Å²) in [4.78, 5) is 2.51. The molecular formula is C71H45NO. The van der Waals surface area contributed by atoms with Crippen molar-refractivity contribution in [3.05, 3.63) is 295 Å². The first-order valence-electron chi connectivity index (χ1n) is 25.2. The lowest BCUT2D eigenvalue weighted by Gasteiger charge is -2.32. The predicted octanol–water partition coefficient (Wildman–Crippen LogP) is 19.2. The Hall–Kier alpha value is -9.50. The SMILES string of the molecule is c1ccc(-c2ccc(-c3ccc(N(c4ccccc4-c4ccc5oc6c7ccccc7ccc6c5c4)c4cccc5c4-c4ccccc4C54c5ccccc5-c5ccccc54)cc3)cc2-c2ccccc2)cc1. The number of fused-ring (bicyclic) bond motifs is 15. The van der Waals surface area contributed by atoms with Gasteiger partial charge in [-0.15, -0.1) is 0 Å². The van der Waals surface area contributed by atoms with Gasteiger partial charge in [0.1, 0.15) is 11.2 Å². The zero-order valence-electron chi connectivity index (χ0n) is 39.8. The van der Waals surface area contributed by atoms with E-state index < -0.39 is 5.41 Å². The van der Waals surface area contributed by atoms with E-state index in [1.54, 1.807) is 0 Å². The van der Waals surface area contributed by atoms with Gasteiger partial charge >= 0.3 is 0 Å². The maximum atomic E-state index is 6.65. The minimum atomic E-state index is -0.482. The van der Waals surface area contributed by atoms with Gasteiger partial charge in [-0.1, -0.05) is 224 Å². The van der Waals surface area contributed by atoms with Gasteiger partial charge in [0.15, 0.2) is 0 Å². The molecule has 15 rings (SSSR count). The third kappa shape index (κ3) is 6.17. The summed E-state index contributed by atoms with van der Waals surface area (Å²) in [7, 11) is 0. The molecule has 0 saturated carbocycles. The number of rotatable bonds is 7. The molecule has 12 aromatic carbocycles. The molecule has 0 saturated heterocycles. The molecular weight excluding hydrogens is 883 g/mol. The second-order valence-electron chi connectivity index (χ2n) is 19.5. The van der Waals surface area contributed by atoms with Crippen LogP contribution in [0.15, 0.2) is 277 Å². The topological polar surface area (TPSA) is 16.4 Å². The van der Waals surface area contributed by atoms with E-state index in [1.807, 2.05) is 0 Å². The van der Waals surface area contributed by atoms with Crippen molar-refractivity contribution in [3.63, 3.8) is 0 Å². The molecule has 1 spiro atoms. The van der Waals surface area contributed by atoms with E-state index in [1.165, 1.54) is 77.7 Å². The number of para-hydroxylation sites is 1. The van der Waals surface area contributed by atoms with Crippen LogP contribution in [0, 0.1) is 0 Å². The molecule has 0 radical (unpaired) electrons. The van der Waals surface area contributed by atoms with Crippen molar-refractivity contribution in [3.8, 4) is 66.8 Å². The van der Waals surface area contributed by atoms with Crippen molar-refractivity contribution in [1.82, 2.24) is 0 Å². The molecule has 2 heteroatoms. The van der Waals surface area contributed by atoms with Crippen molar-refractivity contribution in [2.45, 2.75) is 5.41 Å². The zero-order valence-corrected chi connectivity index (χ0v) is 39.8. The first-order chi connectivity index (χ1) is 36.2. The lowest BCUT2D eigenvalue weighted by molar-refractivity contribution is 0.672. The molecule has 0 unspecified atom stereocenters. The molecule has 0 N–H and O–H groups in total. The molecule has 1 heterocycles. The smallest absolute Gasteiger partial charge is 0.143 e. The van der Waals surface area contributed by atoms with Crippen molar-refractivity contribution in [1.29, 1.82) is 0 Å². The molecule has 0 aliphatic heterocycles. The minimum Gasteiger partial charge on any atom is -0.455 e. The van der Waals surface area contributed by atoms with E-state index in [9.17, 15) is 0 Å². The number of hydrogen-bond acceptors (Lipinski definition) is 2. The lowest BCUT2D eigenvalue weighted by atomic mass is 9.70. The normalized spacial score (nSPS) is 12.8. The van der Waals surface area contributed by atoms with Crippen LogP contribution >= 0.6 is 0 Å². The highest BCUT2D eigenvalue weighted by Crippen LogP contribution is 2.65. The fourth-order valence-corrected chi connectivity index (χ4v) is 12.6. The van der Waals surface area contributed by atoms with Crippen molar-refractivity contribution < 1.29 is 4.42 Å². The van der Waals surface area contributed by atoms with Crippen LogP contribution in [-0.2, 0) is 5.41 Å². The van der Waals surface area contributed by atoms with Crippen molar-refractivity contribution in [2.75, 3.05) is 4.90 Å². The van der Waals surface area contributed by atoms with Crippen molar-refractivity contribution >= 4 is 49.8 Å². The van der Waals surface area contributed by atoms with Crippen LogP contribution in [0.4, 0.5) is 17.1 Å². The number of hydrogen-bond donors (Lipinski definition) is 0. The van der Waals surface area contributed by atoms with Gasteiger partial charge < -0.3 is 9.32 Å². The average Bonchev–Trinajstić information content (AvgIpc) is 4.12. The van der Waals surface area contributed by atoms with Crippen LogP contribution in [0.5, 0.6) is 0 Å². The van der Waals surface area contributed by atoms with Crippen LogP contribution in [0.1, 0.15) is 22.3 Å². The monoisotopic (exact) mass is 927 g/mol. The van der Waals surface area contributed by atoms with E-state index in [0.29, 0.717) is 0 Å². The molecule has 0 bridgehead atoms. The van der Waals surface area contributed by atoms with Gasteiger partial charge in [0, 0.05) is 33.0 Å². The van der Waals surface area contributed by atoms with E-state index in [4.69, 9.17) is 4.42 Å². The van der Waals surface area contributed by atoms with Gasteiger partial charge in [-0.05, 0) is 132 Å². The third-order valence-electron chi connectivity index (χ3n) is 15.7. The van der Waals surface area contributed by atoms with Gasteiger partial charge in [-0.2, -0.15) is 0 Å². The van der Waals surface area contributed by atoms with Crippen LogP contribution in [0.2, 0.25) is 0 Å². The third-order valence-corrected chi connectivity index (χ3v) is 15.7. The Morgan fingerprint density at radius 3 is 1.59 bits per heavy atom. The van der Waals surface area contributed by atoms with Crippen LogP contribution < -0.4 is 4.90 Å². The molecule has 2 aliphatic rings. The molecule has 0 amide bonds. The van der Waals surface area contributed by atoms with E-state index in [-0.39, 0.29) is 0 Å².